The third-order valence-electron chi connectivity index (χ3n) is 2.16. The summed E-state index contributed by atoms with van der Waals surface area (Å²) in [4.78, 5) is 0. The molecular formula is C8H12. The summed E-state index contributed by atoms with van der Waals surface area (Å²) >= 11 is 0. The molecule has 2 fully saturated rings. The molecule has 0 N–H and O–H groups in total. The van der Waals surface area contributed by atoms with E-state index in [0.717, 1.165) is 5.92 Å². The summed E-state index contributed by atoms with van der Waals surface area (Å²) in [5.41, 5.74) is 1.73. The second-order valence-electron chi connectivity index (χ2n) is 3.02. The highest BCUT2D eigenvalue weighted by Gasteiger charge is 2.18. The fourth-order valence-electron chi connectivity index (χ4n) is 1.18. The zero-order valence-corrected chi connectivity index (χ0v) is 5.19. The summed E-state index contributed by atoms with van der Waals surface area (Å²) in [5.74, 6) is 1.01. The largest absolute Gasteiger partial charge is 0.0822 e. The Kier molecular flexibility index (Phi) is 0.927. The fourth-order valence-corrected chi connectivity index (χ4v) is 1.18. The molecule has 2 saturated carbocycles. The van der Waals surface area contributed by atoms with Crippen molar-refractivity contribution in [1.29, 1.82) is 0 Å². The number of rotatable bonds is 1. The van der Waals surface area contributed by atoms with E-state index in [2.05, 4.69) is 6.08 Å². The number of allylic oxidation sites excluding steroid dienone is 2. The van der Waals surface area contributed by atoms with E-state index in [0.29, 0.717) is 0 Å². The second kappa shape index (κ2) is 1.61. The van der Waals surface area contributed by atoms with Gasteiger partial charge in [-0.15, -0.1) is 0 Å². The molecule has 0 amide bonds. The van der Waals surface area contributed by atoms with Gasteiger partial charge in [-0.05, 0) is 31.6 Å². The van der Waals surface area contributed by atoms with Crippen LogP contribution in [-0.4, -0.2) is 0 Å². The van der Waals surface area contributed by atoms with E-state index < -0.39 is 0 Å². The van der Waals surface area contributed by atoms with Gasteiger partial charge in [-0.1, -0.05) is 18.1 Å². The minimum Gasteiger partial charge on any atom is -0.0822 e. The molecule has 0 aromatic rings. The quantitative estimate of drug-likeness (QED) is 0.453. The van der Waals surface area contributed by atoms with Gasteiger partial charge in [-0.25, -0.2) is 0 Å². The number of hydrogen-bond donors (Lipinski definition) is 0. The smallest absolute Gasteiger partial charge is 0.0231 e. The predicted molar refractivity (Wildman–Crippen MR) is 34.7 cm³/mol. The Morgan fingerprint density at radius 3 is 2.38 bits per heavy atom. The first-order valence-corrected chi connectivity index (χ1v) is 3.65. The van der Waals surface area contributed by atoms with Crippen molar-refractivity contribution in [3.05, 3.63) is 11.6 Å². The standard InChI is InChI=1S/C8H12/c1-2-7(3-1)6-8-4-5-8/h6-7H,1-5H2. The molecule has 44 valence electrons. The lowest BCUT2D eigenvalue weighted by Crippen LogP contribution is -2.06. The molecule has 0 saturated heterocycles. The van der Waals surface area contributed by atoms with E-state index in [9.17, 15) is 0 Å². The summed E-state index contributed by atoms with van der Waals surface area (Å²) in [6.07, 6.45) is 9.76. The van der Waals surface area contributed by atoms with E-state index in [4.69, 9.17) is 0 Å². The average molecular weight is 108 g/mol. The van der Waals surface area contributed by atoms with Crippen LogP contribution in [0.5, 0.6) is 0 Å². The molecule has 0 aromatic heterocycles. The van der Waals surface area contributed by atoms with Crippen molar-refractivity contribution in [2.24, 2.45) is 5.92 Å². The molecule has 0 unspecified atom stereocenters. The summed E-state index contributed by atoms with van der Waals surface area (Å²) in [5, 5.41) is 0. The molecule has 0 radical (unpaired) electrons. The first-order chi connectivity index (χ1) is 3.95. The summed E-state index contributed by atoms with van der Waals surface area (Å²) in [6, 6.07) is 0. The van der Waals surface area contributed by atoms with Crippen molar-refractivity contribution in [2.45, 2.75) is 32.1 Å². The van der Waals surface area contributed by atoms with Gasteiger partial charge in [0.15, 0.2) is 0 Å². The van der Waals surface area contributed by atoms with Gasteiger partial charge < -0.3 is 0 Å². The third kappa shape index (κ3) is 0.795. The summed E-state index contributed by atoms with van der Waals surface area (Å²) < 4.78 is 0. The fraction of sp³-hybridized carbons (Fsp3) is 0.750. The average Bonchev–Trinajstić information content (AvgIpc) is 2.36. The normalized spacial score (nSPS) is 27.2. The molecule has 0 aliphatic heterocycles. The van der Waals surface area contributed by atoms with Crippen LogP contribution in [0.4, 0.5) is 0 Å². The van der Waals surface area contributed by atoms with Gasteiger partial charge in [0.2, 0.25) is 0 Å². The van der Waals surface area contributed by atoms with Crippen molar-refractivity contribution in [3.63, 3.8) is 0 Å². The Labute approximate surface area is 50.6 Å². The Morgan fingerprint density at radius 2 is 2.00 bits per heavy atom. The van der Waals surface area contributed by atoms with Crippen LogP contribution in [-0.2, 0) is 0 Å². The van der Waals surface area contributed by atoms with Crippen LogP contribution in [0, 0.1) is 5.92 Å². The van der Waals surface area contributed by atoms with Crippen molar-refractivity contribution < 1.29 is 0 Å². The molecule has 2 aliphatic carbocycles. The maximum absolute atomic E-state index is 2.50. The van der Waals surface area contributed by atoms with Crippen LogP contribution in [0.15, 0.2) is 11.6 Å². The van der Waals surface area contributed by atoms with Crippen molar-refractivity contribution in [2.75, 3.05) is 0 Å². The first kappa shape index (κ1) is 4.60. The van der Waals surface area contributed by atoms with Crippen molar-refractivity contribution in [3.8, 4) is 0 Å². The molecule has 0 atom stereocenters. The van der Waals surface area contributed by atoms with E-state index in [-0.39, 0.29) is 0 Å². The zero-order chi connectivity index (χ0) is 5.40. The van der Waals surface area contributed by atoms with Gasteiger partial charge in [0.1, 0.15) is 0 Å². The predicted octanol–water partition coefficient (Wildman–Crippen LogP) is 2.51. The van der Waals surface area contributed by atoms with Crippen LogP contribution in [0.25, 0.3) is 0 Å². The van der Waals surface area contributed by atoms with Gasteiger partial charge in [0.05, 0.1) is 0 Å². The zero-order valence-electron chi connectivity index (χ0n) is 5.19. The van der Waals surface area contributed by atoms with Gasteiger partial charge in [0.25, 0.3) is 0 Å². The summed E-state index contributed by atoms with van der Waals surface area (Å²) in [6.45, 7) is 0. The van der Waals surface area contributed by atoms with Crippen LogP contribution >= 0.6 is 0 Å². The van der Waals surface area contributed by atoms with Crippen LogP contribution in [0.2, 0.25) is 0 Å². The molecule has 2 aliphatic rings. The lowest BCUT2D eigenvalue weighted by molar-refractivity contribution is 0.387. The molecule has 2 rings (SSSR count). The van der Waals surface area contributed by atoms with Crippen LogP contribution in [0.1, 0.15) is 32.1 Å². The highest BCUT2D eigenvalue weighted by molar-refractivity contribution is 5.18. The molecular weight excluding hydrogens is 96.1 g/mol. The Balaban J connectivity index is 1.88. The molecule has 8 heavy (non-hydrogen) atoms. The molecule has 0 spiro atoms. The lowest BCUT2D eigenvalue weighted by atomic mass is 9.85. The van der Waals surface area contributed by atoms with Crippen LogP contribution < -0.4 is 0 Å². The van der Waals surface area contributed by atoms with E-state index >= 15 is 0 Å². The van der Waals surface area contributed by atoms with Gasteiger partial charge in [-0.2, -0.15) is 0 Å². The van der Waals surface area contributed by atoms with E-state index in [1.807, 2.05) is 0 Å². The maximum Gasteiger partial charge on any atom is -0.0231 e. The van der Waals surface area contributed by atoms with Gasteiger partial charge in [0, 0.05) is 0 Å². The number of hydrogen-bond acceptors (Lipinski definition) is 0. The van der Waals surface area contributed by atoms with Crippen LogP contribution in [0.3, 0.4) is 0 Å². The van der Waals surface area contributed by atoms with Crippen molar-refractivity contribution >= 4 is 0 Å². The Hall–Kier alpha value is -0.260. The molecule has 0 aromatic carbocycles. The highest BCUT2D eigenvalue weighted by Crippen LogP contribution is 2.35. The Morgan fingerprint density at radius 1 is 1.25 bits per heavy atom. The maximum atomic E-state index is 2.50. The monoisotopic (exact) mass is 108 g/mol. The molecule has 0 bridgehead atoms. The molecule has 0 nitrogen and oxygen atoms in total. The lowest BCUT2D eigenvalue weighted by Gasteiger charge is -2.21. The van der Waals surface area contributed by atoms with E-state index in [1.54, 1.807) is 5.57 Å². The second-order valence-corrected chi connectivity index (χ2v) is 3.02. The summed E-state index contributed by atoms with van der Waals surface area (Å²) in [7, 11) is 0. The molecule has 0 heteroatoms. The Bertz CT molecular complexity index is 112. The molecule has 0 heterocycles. The first-order valence-electron chi connectivity index (χ1n) is 3.65. The minimum atomic E-state index is 1.01. The third-order valence-corrected chi connectivity index (χ3v) is 2.16. The topological polar surface area (TPSA) is 0 Å². The van der Waals surface area contributed by atoms with Gasteiger partial charge in [-0.3, -0.25) is 0 Å². The van der Waals surface area contributed by atoms with Crippen molar-refractivity contribution in [1.82, 2.24) is 0 Å². The minimum absolute atomic E-state index is 1.01. The SMILES string of the molecule is C(=C1CC1)C1CCC1. The van der Waals surface area contributed by atoms with Gasteiger partial charge >= 0.3 is 0 Å². The van der Waals surface area contributed by atoms with E-state index in [1.165, 1.54) is 32.1 Å². The highest BCUT2D eigenvalue weighted by atomic mass is 14.2.